The predicted octanol–water partition coefficient (Wildman–Crippen LogP) is 2.06. The minimum Gasteiger partial charge on any atom is -0.381 e. The largest absolute Gasteiger partial charge is 0.381 e. The van der Waals surface area contributed by atoms with E-state index in [0.717, 1.165) is 50.8 Å². The van der Waals surface area contributed by atoms with Gasteiger partial charge in [0, 0.05) is 50.5 Å². The molecule has 3 heterocycles. The van der Waals surface area contributed by atoms with Crippen molar-refractivity contribution in [2.45, 2.75) is 37.8 Å². The average Bonchev–Trinajstić information content (AvgIpc) is 3.11. The minimum absolute atomic E-state index is 0.411. The van der Waals surface area contributed by atoms with Crippen LogP contribution in [0.4, 0.5) is 5.82 Å². The van der Waals surface area contributed by atoms with Crippen molar-refractivity contribution >= 4 is 5.82 Å². The Bertz CT molecular complexity index is 692. The highest BCUT2D eigenvalue weighted by Crippen LogP contribution is 2.35. The second-order valence-corrected chi connectivity index (χ2v) is 7.08. The van der Waals surface area contributed by atoms with Crippen LogP contribution in [-0.2, 0) is 11.3 Å². The zero-order chi connectivity index (χ0) is 17.1. The summed E-state index contributed by atoms with van der Waals surface area (Å²) in [6.07, 6.45) is 9.23. The third-order valence-corrected chi connectivity index (χ3v) is 4.95. The first-order valence-electron chi connectivity index (χ1n) is 9.12. The Balaban J connectivity index is 1.25. The topological polar surface area (TPSA) is 68.1 Å². The van der Waals surface area contributed by atoms with Crippen molar-refractivity contribution in [1.29, 1.82) is 0 Å². The summed E-state index contributed by atoms with van der Waals surface area (Å²) in [6.45, 7) is 4.33. The minimum atomic E-state index is 0.411. The fourth-order valence-corrected chi connectivity index (χ4v) is 3.33. The van der Waals surface area contributed by atoms with Gasteiger partial charge in [0.15, 0.2) is 0 Å². The Morgan fingerprint density at radius 3 is 3.04 bits per heavy atom. The van der Waals surface area contributed by atoms with Crippen molar-refractivity contribution in [2.75, 3.05) is 38.7 Å². The zero-order valence-corrected chi connectivity index (χ0v) is 14.8. The van der Waals surface area contributed by atoms with Gasteiger partial charge in [-0.05, 0) is 26.3 Å². The molecule has 2 aromatic heterocycles. The number of imidazole rings is 1. The Morgan fingerprint density at radius 1 is 1.32 bits per heavy atom. The van der Waals surface area contributed by atoms with E-state index in [1.165, 1.54) is 18.5 Å². The van der Waals surface area contributed by atoms with Gasteiger partial charge in [0.25, 0.3) is 0 Å². The van der Waals surface area contributed by atoms with Gasteiger partial charge < -0.3 is 14.6 Å². The number of hydrogen-bond acceptors (Lipinski definition) is 6. The molecule has 0 radical (unpaired) electrons. The van der Waals surface area contributed by atoms with Gasteiger partial charge in [-0.2, -0.15) is 0 Å². The van der Waals surface area contributed by atoms with Crippen LogP contribution >= 0.6 is 0 Å². The van der Waals surface area contributed by atoms with Crippen LogP contribution in [0.1, 0.15) is 42.6 Å². The standard InChI is InChI=1S/C18H26N6O/c1-23(10-16-9-19-13-24(16)15-2-3-15)6-5-20-18-8-17(21-12-22-18)14-4-7-25-11-14/h8-9,12-15H,2-7,10-11H2,1H3,(H,20,21,22)/t14-/m0/s1. The van der Waals surface area contributed by atoms with Crippen LogP contribution in [0, 0.1) is 0 Å². The molecule has 1 atom stereocenters. The summed E-state index contributed by atoms with van der Waals surface area (Å²) in [4.78, 5) is 15.3. The van der Waals surface area contributed by atoms with Crippen LogP contribution in [0.25, 0.3) is 0 Å². The Kier molecular flexibility index (Phi) is 4.94. The molecule has 134 valence electrons. The normalized spacial score (nSPS) is 20.3. The zero-order valence-electron chi connectivity index (χ0n) is 14.8. The van der Waals surface area contributed by atoms with E-state index in [1.807, 2.05) is 12.5 Å². The van der Waals surface area contributed by atoms with E-state index in [0.29, 0.717) is 12.0 Å². The van der Waals surface area contributed by atoms with Gasteiger partial charge in [0.2, 0.25) is 0 Å². The molecular formula is C18H26N6O. The van der Waals surface area contributed by atoms with Crippen LogP contribution in [0.2, 0.25) is 0 Å². The van der Waals surface area contributed by atoms with Gasteiger partial charge in [-0.3, -0.25) is 4.90 Å². The Morgan fingerprint density at radius 2 is 2.24 bits per heavy atom. The fourth-order valence-electron chi connectivity index (χ4n) is 3.33. The number of anilines is 1. The van der Waals surface area contributed by atoms with E-state index < -0.39 is 0 Å². The summed E-state index contributed by atoms with van der Waals surface area (Å²) >= 11 is 0. The monoisotopic (exact) mass is 342 g/mol. The molecule has 2 aromatic rings. The lowest BCUT2D eigenvalue weighted by Crippen LogP contribution is -2.26. The van der Waals surface area contributed by atoms with Gasteiger partial charge in [0.1, 0.15) is 12.1 Å². The molecule has 0 unspecified atom stereocenters. The molecule has 0 amide bonds. The van der Waals surface area contributed by atoms with E-state index in [-0.39, 0.29) is 0 Å². The fraction of sp³-hybridized carbons (Fsp3) is 0.611. The molecule has 25 heavy (non-hydrogen) atoms. The van der Waals surface area contributed by atoms with Crippen molar-refractivity contribution < 1.29 is 4.74 Å². The molecule has 4 rings (SSSR count). The molecule has 1 aliphatic carbocycles. The first-order chi connectivity index (χ1) is 12.3. The summed E-state index contributed by atoms with van der Waals surface area (Å²) < 4.78 is 7.77. The van der Waals surface area contributed by atoms with E-state index in [2.05, 4.69) is 42.8 Å². The number of nitrogens with one attached hydrogen (secondary N) is 1. The maximum atomic E-state index is 5.45. The summed E-state index contributed by atoms with van der Waals surface area (Å²) in [6, 6.07) is 2.74. The van der Waals surface area contributed by atoms with Crippen LogP contribution in [0.5, 0.6) is 0 Å². The van der Waals surface area contributed by atoms with E-state index in [9.17, 15) is 0 Å². The van der Waals surface area contributed by atoms with Crippen molar-refractivity contribution in [1.82, 2.24) is 24.4 Å². The average molecular weight is 342 g/mol. The molecule has 0 bridgehead atoms. The number of ether oxygens (including phenoxy) is 1. The molecule has 1 saturated carbocycles. The third kappa shape index (κ3) is 4.16. The van der Waals surface area contributed by atoms with Gasteiger partial charge in [0.05, 0.1) is 24.3 Å². The molecule has 1 aliphatic heterocycles. The third-order valence-electron chi connectivity index (χ3n) is 4.95. The second kappa shape index (κ2) is 7.49. The molecule has 1 saturated heterocycles. The Hall–Kier alpha value is -1.99. The van der Waals surface area contributed by atoms with E-state index >= 15 is 0 Å². The van der Waals surface area contributed by atoms with Gasteiger partial charge in [-0.15, -0.1) is 0 Å². The van der Waals surface area contributed by atoms with Crippen molar-refractivity contribution in [3.63, 3.8) is 0 Å². The lowest BCUT2D eigenvalue weighted by atomic mass is 10.1. The Labute approximate surface area is 148 Å². The summed E-state index contributed by atoms with van der Waals surface area (Å²) in [5.41, 5.74) is 2.38. The maximum Gasteiger partial charge on any atom is 0.129 e. The summed E-state index contributed by atoms with van der Waals surface area (Å²) in [7, 11) is 2.15. The molecule has 7 heteroatoms. The molecule has 7 nitrogen and oxygen atoms in total. The lowest BCUT2D eigenvalue weighted by Gasteiger charge is -2.18. The molecule has 1 N–H and O–H groups in total. The number of hydrogen-bond donors (Lipinski definition) is 1. The highest BCUT2D eigenvalue weighted by atomic mass is 16.5. The van der Waals surface area contributed by atoms with Crippen molar-refractivity contribution in [2.24, 2.45) is 0 Å². The van der Waals surface area contributed by atoms with Gasteiger partial charge in [-0.1, -0.05) is 0 Å². The molecule has 0 spiro atoms. The van der Waals surface area contributed by atoms with Crippen molar-refractivity contribution in [3.05, 3.63) is 36.3 Å². The summed E-state index contributed by atoms with van der Waals surface area (Å²) in [5, 5.41) is 3.41. The first kappa shape index (κ1) is 16.5. The van der Waals surface area contributed by atoms with Crippen LogP contribution < -0.4 is 5.32 Å². The highest BCUT2D eigenvalue weighted by Gasteiger charge is 2.25. The van der Waals surface area contributed by atoms with E-state index in [1.54, 1.807) is 6.33 Å². The van der Waals surface area contributed by atoms with Gasteiger partial charge >= 0.3 is 0 Å². The van der Waals surface area contributed by atoms with Gasteiger partial charge in [-0.25, -0.2) is 15.0 Å². The molecule has 0 aromatic carbocycles. The second-order valence-electron chi connectivity index (χ2n) is 7.08. The highest BCUT2D eigenvalue weighted by molar-refractivity contribution is 5.36. The maximum absolute atomic E-state index is 5.45. The lowest BCUT2D eigenvalue weighted by molar-refractivity contribution is 0.193. The van der Waals surface area contributed by atoms with Crippen LogP contribution in [0.15, 0.2) is 24.9 Å². The first-order valence-corrected chi connectivity index (χ1v) is 9.12. The number of rotatable bonds is 8. The molecule has 2 aliphatic rings. The van der Waals surface area contributed by atoms with Crippen LogP contribution in [0.3, 0.4) is 0 Å². The summed E-state index contributed by atoms with van der Waals surface area (Å²) in [5.74, 6) is 1.31. The smallest absolute Gasteiger partial charge is 0.129 e. The molecular weight excluding hydrogens is 316 g/mol. The van der Waals surface area contributed by atoms with E-state index in [4.69, 9.17) is 4.74 Å². The van der Waals surface area contributed by atoms with Crippen LogP contribution in [-0.4, -0.2) is 57.8 Å². The van der Waals surface area contributed by atoms with Crippen molar-refractivity contribution in [3.8, 4) is 0 Å². The quantitative estimate of drug-likeness (QED) is 0.792. The number of aromatic nitrogens is 4. The number of nitrogens with zero attached hydrogens (tertiary/aromatic N) is 5. The predicted molar refractivity (Wildman–Crippen MR) is 95.5 cm³/mol. The SMILES string of the molecule is CN(CCNc1cc([C@H]2CCOC2)ncn1)Cc1cncn1C1CC1. The number of likely N-dealkylation sites (N-methyl/N-ethyl adjacent to an activating group) is 1. The molecule has 2 fully saturated rings.